The summed E-state index contributed by atoms with van der Waals surface area (Å²) in [6.45, 7) is 7.91. The third kappa shape index (κ3) is 6.66. The molecule has 0 aliphatic heterocycles. The summed E-state index contributed by atoms with van der Waals surface area (Å²) in [5.74, 6) is -2.35. The van der Waals surface area contributed by atoms with Gasteiger partial charge in [0.25, 0.3) is 5.56 Å². The van der Waals surface area contributed by atoms with E-state index >= 15 is 0 Å². The average molecular weight is 556 g/mol. The van der Waals surface area contributed by atoms with Crippen LogP contribution < -0.4 is 14.5 Å². The van der Waals surface area contributed by atoms with Crippen molar-refractivity contribution in [3.05, 3.63) is 70.1 Å². The fraction of sp³-hybridized carbons (Fsp3) is 0.385. The molecule has 0 atom stereocenters. The lowest BCUT2D eigenvalue weighted by Crippen LogP contribution is -2.35. The molecule has 0 amide bonds. The SMILES string of the molecule is CC(C)Cn1c(C(=O)OC(C)(C)C)c(OS(=O)(=O)C(F)(F)F)c2cc(OCc3ccccc3)ccc2c1=O. The summed E-state index contributed by atoms with van der Waals surface area (Å²) in [6, 6.07) is 12.8. The molecule has 3 aromatic rings. The van der Waals surface area contributed by atoms with E-state index in [0.29, 0.717) is 0 Å². The van der Waals surface area contributed by atoms with Crippen LogP contribution >= 0.6 is 0 Å². The van der Waals surface area contributed by atoms with E-state index in [9.17, 15) is 31.2 Å². The third-order valence-corrected chi connectivity index (χ3v) is 6.01. The number of hydrogen-bond acceptors (Lipinski definition) is 7. The number of fused-ring (bicyclic) bond motifs is 1. The Morgan fingerprint density at radius 1 is 1.00 bits per heavy atom. The van der Waals surface area contributed by atoms with Crippen LogP contribution in [0.1, 0.15) is 50.7 Å². The Morgan fingerprint density at radius 2 is 1.63 bits per heavy atom. The molecule has 2 aromatic carbocycles. The third-order valence-electron chi connectivity index (χ3n) is 5.06. The van der Waals surface area contributed by atoms with Gasteiger partial charge in [-0.2, -0.15) is 21.6 Å². The lowest BCUT2D eigenvalue weighted by molar-refractivity contribution is -0.0501. The van der Waals surface area contributed by atoms with Gasteiger partial charge < -0.3 is 13.7 Å². The number of hydrogen-bond donors (Lipinski definition) is 0. The summed E-state index contributed by atoms with van der Waals surface area (Å²) in [7, 11) is -6.23. The van der Waals surface area contributed by atoms with E-state index in [4.69, 9.17) is 9.47 Å². The van der Waals surface area contributed by atoms with Crippen molar-refractivity contribution in [1.29, 1.82) is 0 Å². The Labute approximate surface area is 218 Å². The van der Waals surface area contributed by atoms with Crippen molar-refractivity contribution in [3.63, 3.8) is 0 Å². The van der Waals surface area contributed by atoms with Crippen LogP contribution in [0.15, 0.2) is 53.3 Å². The first kappa shape index (κ1) is 29.0. The Kier molecular flexibility index (Phi) is 8.16. The van der Waals surface area contributed by atoms with Crippen LogP contribution in [-0.4, -0.2) is 30.1 Å². The zero-order chi connectivity index (χ0) is 28.5. The number of pyridine rings is 1. The number of aromatic nitrogens is 1. The first-order chi connectivity index (χ1) is 17.5. The molecule has 0 aliphatic rings. The minimum atomic E-state index is -6.23. The zero-order valence-electron chi connectivity index (χ0n) is 21.5. The second-order valence-corrected chi connectivity index (χ2v) is 11.5. The van der Waals surface area contributed by atoms with Gasteiger partial charge in [-0.3, -0.25) is 9.36 Å². The number of ether oxygens (including phenoxy) is 2. The van der Waals surface area contributed by atoms with Gasteiger partial charge >= 0.3 is 21.6 Å². The molecule has 38 heavy (non-hydrogen) atoms. The van der Waals surface area contributed by atoms with E-state index in [2.05, 4.69) is 4.18 Å². The quantitative estimate of drug-likeness (QED) is 0.208. The Hall–Kier alpha value is -3.54. The Morgan fingerprint density at radius 3 is 2.18 bits per heavy atom. The molecular formula is C26H28F3NO7S. The van der Waals surface area contributed by atoms with E-state index in [0.717, 1.165) is 16.2 Å². The van der Waals surface area contributed by atoms with E-state index in [-0.39, 0.29) is 35.6 Å². The molecule has 0 radical (unpaired) electrons. The lowest BCUT2D eigenvalue weighted by atomic mass is 10.1. The smallest absolute Gasteiger partial charge is 0.489 e. The van der Waals surface area contributed by atoms with Crippen molar-refractivity contribution >= 4 is 26.9 Å². The zero-order valence-corrected chi connectivity index (χ0v) is 22.3. The van der Waals surface area contributed by atoms with Crippen molar-refractivity contribution in [2.75, 3.05) is 0 Å². The van der Waals surface area contributed by atoms with Crippen LogP contribution in [0.2, 0.25) is 0 Å². The highest BCUT2D eigenvalue weighted by molar-refractivity contribution is 7.88. The lowest BCUT2D eigenvalue weighted by Gasteiger charge is -2.24. The van der Waals surface area contributed by atoms with Crippen LogP contribution in [0.4, 0.5) is 13.2 Å². The number of nitrogens with zero attached hydrogens (tertiary/aromatic N) is 1. The Balaban J connectivity index is 2.32. The number of carbonyl (C=O) groups is 1. The van der Waals surface area contributed by atoms with Crippen molar-refractivity contribution in [2.24, 2.45) is 5.92 Å². The van der Waals surface area contributed by atoms with Gasteiger partial charge in [0, 0.05) is 11.9 Å². The summed E-state index contributed by atoms with van der Waals surface area (Å²) in [4.78, 5) is 26.7. The standard InChI is InChI=1S/C26H28F3NO7S/c1-16(2)14-30-21(24(32)36-25(3,4)5)22(37-38(33,34)26(27,28)29)20-13-18(11-12-19(20)23(30)31)35-15-17-9-7-6-8-10-17/h6-13,16H,14-15H2,1-5H3. The number of rotatable bonds is 8. The normalized spacial score (nSPS) is 12.6. The van der Waals surface area contributed by atoms with E-state index in [1.165, 1.54) is 32.9 Å². The van der Waals surface area contributed by atoms with Crippen molar-refractivity contribution in [3.8, 4) is 11.5 Å². The van der Waals surface area contributed by atoms with Crippen LogP contribution in [0.3, 0.4) is 0 Å². The second kappa shape index (κ2) is 10.7. The fourth-order valence-corrected chi connectivity index (χ4v) is 4.02. The molecule has 0 unspecified atom stereocenters. The predicted molar refractivity (Wildman–Crippen MR) is 135 cm³/mol. The van der Waals surface area contributed by atoms with E-state index in [1.54, 1.807) is 38.1 Å². The van der Waals surface area contributed by atoms with Gasteiger partial charge in [-0.15, -0.1) is 0 Å². The Bertz CT molecular complexity index is 1490. The van der Waals surface area contributed by atoms with Gasteiger partial charge in [0.2, 0.25) is 0 Å². The minimum Gasteiger partial charge on any atom is -0.489 e. The van der Waals surface area contributed by atoms with Gasteiger partial charge in [0.05, 0.1) is 5.39 Å². The van der Waals surface area contributed by atoms with Crippen LogP contribution in [0.5, 0.6) is 11.5 Å². The minimum absolute atomic E-state index is 0.0761. The first-order valence-electron chi connectivity index (χ1n) is 11.6. The summed E-state index contributed by atoms with van der Waals surface area (Å²) < 4.78 is 80.9. The molecule has 1 heterocycles. The molecule has 0 saturated carbocycles. The topological polar surface area (TPSA) is 101 Å². The van der Waals surface area contributed by atoms with Gasteiger partial charge in [0.15, 0.2) is 11.4 Å². The number of esters is 1. The fourth-order valence-electron chi connectivity index (χ4n) is 3.54. The first-order valence-corrected chi connectivity index (χ1v) is 13.0. The monoisotopic (exact) mass is 555 g/mol. The van der Waals surface area contributed by atoms with Gasteiger partial charge in [-0.1, -0.05) is 44.2 Å². The maximum Gasteiger partial charge on any atom is 0.534 e. The molecule has 0 spiro atoms. The highest BCUT2D eigenvalue weighted by Crippen LogP contribution is 2.36. The average Bonchev–Trinajstić information content (AvgIpc) is 2.79. The molecule has 8 nitrogen and oxygen atoms in total. The number of halogens is 3. The summed E-state index contributed by atoms with van der Waals surface area (Å²) in [5.41, 5.74) is -7.62. The highest BCUT2D eigenvalue weighted by atomic mass is 32.2. The van der Waals surface area contributed by atoms with Gasteiger partial charge in [-0.05, 0) is 50.5 Å². The van der Waals surface area contributed by atoms with Crippen LogP contribution in [0.25, 0.3) is 10.8 Å². The summed E-state index contributed by atoms with van der Waals surface area (Å²) >= 11 is 0. The van der Waals surface area contributed by atoms with Crippen molar-refractivity contribution in [2.45, 2.75) is 58.9 Å². The van der Waals surface area contributed by atoms with Crippen molar-refractivity contribution in [1.82, 2.24) is 4.57 Å². The van der Waals surface area contributed by atoms with Gasteiger partial charge in [-0.25, -0.2) is 4.79 Å². The molecular weight excluding hydrogens is 527 g/mol. The van der Waals surface area contributed by atoms with Crippen LogP contribution in [-0.2, 0) is 28.0 Å². The molecule has 0 aliphatic carbocycles. The maximum atomic E-state index is 13.4. The van der Waals surface area contributed by atoms with E-state index < -0.39 is 44.2 Å². The summed E-state index contributed by atoms with van der Waals surface area (Å²) in [5, 5.41) is -0.522. The molecule has 206 valence electrons. The van der Waals surface area contributed by atoms with Crippen molar-refractivity contribution < 1.29 is 40.0 Å². The summed E-state index contributed by atoms with van der Waals surface area (Å²) in [6.07, 6.45) is 0. The molecule has 0 bridgehead atoms. The van der Waals surface area contributed by atoms with Crippen LogP contribution in [0, 0.1) is 5.92 Å². The number of alkyl halides is 3. The van der Waals surface area contributed by atoms with Gasteiger partial charge in [0.1, 0.15) is 18.0 Å². The highest BCUT2D eigenvalue weighted by Gasteiger charge is 2.49. The molecule has 1 aromatic heterocycles. The number of benzene rings is 2. The van der Waals surface area contributed by atoms with E-state index in [1.807, 2.05) is 6.07 Å². The molecule has 0 N–H and O–H groups in total. The largest absolute Gasteiger partial charge is 0.534 e. The molecule has 0 saturated heterocycles. The molecule has 12 heteroatoms. The maximum absolute atomic E-state index is 13.4. The molecule has 3 rings (SSSR count). The second-order valence-electron chi connectivity index (χ2n) is 9.95. The number of carbonyl (C=O) groups excluding carboxylic acids is 1. The molecule has 0 fully saturated rings. The predicted octanol–water partition coefficient (Wildman–Crippen LogP) is 5.42.